The summed E-state index contributed by atoms with van der Waals surface area (Å²) < 4.78 is 13.6. The van der Waals surface area contributed by atoms with Gasteiger partial charge in [-0.05, 0) is 28.1 Å². The van der Waals surface area contributed by atoms with E-state index >= 15 is 0 Å². The zero-order chi connectivity index (χ0) is 11.5. The van der Waals surface area contributed by atoms with E-state index in [1.54, 1.807) is 12.1 Å². The summed E-state index contributed by atoms with van der Waals surface area (Å²) in [6.07, 6.45) is -0.360. The van der Waals surface area contributed by atoms with Crippen molar-refractivity contribution in [3.8, 4) is 0 Å². The molecule has 2 rings (SSSR count). The fraction of sp³-hybridized carbons (Fsp3) is 0.455. The molecule has 3 nitrogen and oxygen atoms in total. The smallest absolute Gasteiger partial charge is 0.155 e. The minimum atomic E-state index is -0.899. The molecule has 1 aliphatic rings. The Labute approximate surface area is 102 Å². The second-order valence-electron chi connectivity index (χ2n) is 3.89. The molecular formula is C11H12BrFN2O. The fourth-order valence-corrected chi connectivity index (χ4v) is 2.17. The quantitative estimate of drug-likeness (QED) is 0.860. The molecule has 0 aliphatic carbocycles. The monoisotopic (exact) mass is 286 g/mol. The summed E-state index contributed by atoms with van der Waals surface area (Å²) >= 11 is 3.25. The first-order chi connectivity index (χ1) is 7.65. The van der Waals surface area contributed by atoms with Gasteiger partial charge in [0.2, 0.25) is 0 Å². The lowest BCUT2D eigenvalue weighted by molar-refractivity contribution is -0.120. The van der Waals surface area contributed by atoms with Crippen molar-refractivity contribution in [3.63, 3.8) is 0 Å². The third kappa shape index (κ3) is 2.86. The van der Waals surface area contributed by atoms with Gasteiger partial charge in [-0.1, -0.05) is 6.07 Å². The lowest BCUT2D eigenvalue weighted by Crippen LogP contribution is -2.32. The van der Waals surface area contributed by atoms with Gasteiger partial charge in [0.05, 0.1) is 12.5 Å². The molecule has 1 aromatic rings. The van der Waals surface area contributed by atoms with Gasteiger partial charge in [-0.15, -0.1) is 0 Å². The van der Waals surface area contributed by atoms with E-state index in [-0.39, 0.29) is 31.2 Å². The van der Waals surface area contributed by atoms with Gasteiger partial charge in [0.25, 0.3) is 0 Å². The predicted molar refractivity (Wildman–Crippen MR) is 62.0 cm³/mol. The van der Waals surface area contributed by atoms with Crippen LogP contribution in [-0.4, -0.2) is 29.5 Å². The number of carbonyl (C=O) groups excluding carboxylic acids is 1. The van der Waals surface area contributed by atoms with E-state index in [4.69, 9.17) is 0 Å². The SMILES string of the molecule is O=C(Cc1cccc(Br)n1)[C@@H]1C[C@@H](F)CN1. The van der Waals surface area contributed by atoms with Crippen molar-refractivity contribution < 1.29 is 9.18 Å². The van der Waals surface area contributed by atoms with Gasteiger partial charge in [-0.3, -0.25) is 4.79 Å². The summed E-state index contributed by atoms with van der Waals surface area (Å²) in [6, 6.07) is 5.08. The molecule has 1 saturated heterocycles. The van der Waals surface area contributed by atoms with Crippen molar-refractivity contribution in [2.24, 2.45) is 0 Å². The fourth-order valence-electron chi connectivity index (χ4n) is 1.79. The number of hydrogen-bond donors (Lipinski definition) is 1. The van der Waals surface area contributed by atoms with Gasteiger partial charge in [0.1, 0.15) is 10.8 Å². The van der Waals surface area contributed by atoms with Crippen LogP contribution in [0.3, 0.4) is 0 Å². The van der Waals surface area contributed by atoms with Gasteiger partial charge >= 0.3 is 0 Å². The van der Waals surface area contributed by atoms with E-state index in [0.29, 0.717) is 10.3 Å². The molecule has 1 N–H and O–H groups in total. The molecule has 1 aromatic heterocycles. The summed E-state index contributed by atoms with van der Waals surface area (Å²) in [4.78, 5) is 16.0. The summed E-state index contributed by atoms with van der Waals surface area (Å²) in [5, 5.41) is 2.88. The summed E-state index contributed by atoms with van der Waals surface area (Å²) in [5.74, 6) is 0.00532. The molecule has 0 aromatic carbocycles. The van der Waals surface area contributed by atoms with Crippen LogP contribution in [0.25, 0.3) is 0 Å². The average Bonchev–Trinajstić information content (AvgIpc) is 2.65. The molecule has 5 heteroatoms. The molecule has 16 heavy (non-hydrogen) atoms. The maximum absolute atomic E-state index is 12.9. The van der Waals surface area contributed by atoms with Gasteiger partial charge in [0.15, 0.2) is 5.78 Å². The largest absolute Gasteiger partial charge is 0.304 e. The Kier molecular flexibility index (Phi) is 3.66. The lowest BCUT2D eigenvalue weighted by Gasteiger charge is -2.08. The molecule has 1 aliphatic heterocycles. The standard InChI is InChI=1S/C11H12BrFN2O/c12-11-3-1-2-8(15-11)5-10(16)9-4-7(13)6-14-9/h1-3,7,9,14H,4-6H2/t7-,9+/m1/s1. The first kappa shape index (κ1) is 11.7. The van der Waals surface area contributed by atoms with Gasteiger partial charge in [-0.2, -0.15) is 0 Å². The van der Waals surface area contributed by atoms with Gasteiger partial charge in [0, 0.05) is 18.7 Å². The number of alkyl halides is 1. The van der Waals surface area contributed by atoms with E-state index < -0.39 is 6.17 Å². The number of Topliss-reactive ketones (excluding diaryl/α,β-unsaturated/α-hetero) is 1. The van der Waals surface area contributed by atoms with Crippen molar-refractivity contribution >= 4 is 21.7 Å². The number of ketones is 1. The lowest BCUT2D eigenvalue weighted by atomic mass is 10.1. The molecule has 0 amide bonds. The summed E-state index contributed by atoms with van der Waals surface area (Å²) in [5.41, 5.74) is 0.712. The van der Waals surface area contributed by atoms with Crippen LogP contribution in [0.1, 0.15) is 12.1 Å². The number of hydrogen-bond acceptors (Lipinski definition) is 3. The first-order valence-corrected chi connectivity index (χ1v) is 5.96. The number of halogens is 2. The highest BCUT2D eigenvalue weighted by atomic mass is 79.9. The Morgan fingerprint density at radius 2 is 2.44 bits per heavy atom. The first-order valence-electron chi connectivity index (χ1n) is 5.17. The number of carbonyl (C=O) groups is 1. The zero-order valence-electron chi connectivity index (χ0n) is 8.62. The molecule has 0 spiro atoms. The maximum atomic E-state index is 12.9. The van der Waals surface area contributed by atoms with E-state index in [9.17, 15) is 9.18 Å². The highest BCUT2D eigenvalue weighted by molar-refractivity contribution is 9.10. The third-order valence-electron chi connectivity index (χ3n) is 2.59. The Balaban J connectivity index is 1.97. The number of nitrogens with one attached hydrogen (secondary N) is 1. The van der Waals surface area contributed by atoms with Gasteiger partial charge < -0.3 is 5.32 Å². The predicted octanol–water partition coefficient (Wildman–Crippen LogP) is 1.66. The summed E-state index contributed by atoms with van der Waals surface area (Å²) in [7, 11) is 0. The minimum Gasteiger partial charge on any atom is -0.304 e. The molecular weight excluding hydrogens is 275 g/mol. The van der Waals surface area contributed by atoms with Crippen molar-refractivity contribution in [2.45, 2.75) is 25.1 Å². The number of nitrogens with zero attached hydrogens (tertiary/aromatic N) is 1. The molecule has 1 fully saturated rings. The Bertz CT molecular complexity index is 399. The molecule has 2 atom stereocenters. The Morgan fingerprint density at radius 3 is 3.06 bits per heavy atom. The normalized spacial score (nSPS) is 24.6. The molecule has 0 radical (unpaired) electrons. The molecule has 2 heterocycles. The minimum absolute atomic E-state index is 0.00532. The molecule has 0 bridgehead atoms. The second kappa shape index (κ2) is 5.01. The molecule has 0 saturated carbocycles. The maximum Gasteiger partial charge on any atom is 0.155 e. The van der Waals surface area contributed by atoms with Crippen molar-refractivity contribution in [1.82, 2.24) is 10.3 Å². The van der Waals surface area contributed by atoms with Crippen molar-refractivity contribution in [1.29, 1.82) is 0 Å². The van der Waals surface area contributed by atoms with E-state index in [0.717, 1.165) is 0 Å². The highest BCUT2D eigenvalue weighted by Crippen LogP contribution is 2.13. The highest BCUT2D eigenvalue weighted by Gasteiger charge is 2.28. The van der Waals surface area contributed by atoms with Crippen LogP contribution in [-0.2, 0) is 11.2 Å². The van der Waals surface area contributed by atoms with Crippen LogP contribution in [0.5, 0.6) is 0 Å². The number of aromatic nitrogens is 1. The van der Waals surface area contributed by atoms with Crippen LogP contribution in [0.15, 0.2) is 22.8 Å². The molecule has 0 unspecified atom stereocenters. The van der Waals surface area contributed by atoms with E-state index in [1.165, 1.54) is 0 Å². The van der Waals surface area contributed by atoms with Crippen LogP contribution in [0.4, 0.5) is 4.39 Å². The van der Waals surface area contributed by atoms with Crippen LogP contribution in [0, 0.1) is 0 Å². The third-order valence-corrected chi connectivity index (χ3v) is 3.04. The van der Waals surface area contributed by atoms with Crippen LogP contribution in [0.2, 0.25) is 0 Å². The van der Waals surface area contributed by atoms with Gasteiger partial charge in [-0.25, -0.2) is 9.37 Å². The van der Waals surface area contributed by atoms with E-state index in [2.05, 4.69) is 26.2 Å². The number of pyridine rings is 1. The second-order valence-corrected chi connectivity index (χ2v) is 4.70. The average molecular weight is 287 g/mol. The van der Waals surface area contributed by atoms with E-state index in [1.807, 2.05) is 6.07 Å². The van der Waals surface area contributed by atoms with Crippen LogP contribution >= 0.6 is 15.9 Å². The van der Waals surface area contributed by atoms with Crippen molar-refractivity contribution in [3.05, 3.63) is 28.5 Å². The zero-order valence-corrected chi connectivity index (χ0v) is 10.2. The van der Waals surface area contributed by atoms with Crippen molar-refractivity contribution in [2.75, 3.05) is 6.54 Å². The topological polar surface area (TPSA) is 42.0 Å². The number of rotatable bonds is 3. The van der Waals surface area contributed by atoms with Crippen LogP contribution < -0.4 is 5.32 Å². The summed E-state index contributed by atoms with van der Waals surface area (Å²) in [6.45, 7) is 0.280. The Hall–Kier alpha value is -0.810. The Morgan fingerprint density at radius 1 is 1.62 bits per heavy atom. The molecule has 86 valence electrons.